The number of hydrogen-bond donors (Lipinski definition) is 0. The van der Waals surface area contributed by atoms with E-state index in [0.29, 0.717) is 11.3 Å². The van der Waals surface area contributed by atoms with Gasteiger partial charge in [0.25, 0.3) is 5.91 Å². The van der Waals surface area contributed by atoms with E-state index in [2.05, 4.69) is 0 Å². The van der Waals surface area contributed by atoms with Crippen molar-refractivity contribution in [2.24, 2.45) is 0 Å². The Kier molecular flexibility index (Phi) is 4.12. The van der Waals surface area contributed by atoms with E-state index in [4.69, 9.17) is 9.47 Å². The number of nitrogens with zero attached hydrogens (tertiary/aromatic N) is 1. The third kappa shape index (κ3) is 3.39. The molecule has 0 bridgehead atoms. The summed E-state index contributed by atoms with van der Waals surface area (Å²) < 4.78 is 48.4. The van der Waals surface area contributed by atoms with E-state index < -0.39 is 24.7 Å². The molecule has 1 fully saturated rings. The van der Waals surface area contributed by atoms with Gasteiger partial charge in [0.05, 0.1) is 19.4 Å². The zero-order valence-corrected chi connectivity index (χ0v) is 12.0. The average Bonchev–Trinajstić information content (AvgIpc) is 2.75. The highest BCUT2D eigenvalue weighted by Crippen LogP contribution is 2.28. The van der Waals surface area contributed by atoms with Crippen LogP contribution in [0.5, 0.6) is 5.75 Å². The lowest BCUT2D eigenvalue weighted by Gasteiger charge is -2.34. The molecule has 4 nitrogen and oxygen atoms in total. The van der Waals surface area contributed by atoms with Crippen molar-refractivity contribution in [3.05, 3.63) is 47.7 Å². The fourth-order valence-electron chi connectivity index (χ4n) is 2.45. The van der Waals surface area contributed by atoms with Gasteiger partial charge >= 0.3 is 6.18 Å². The molecule has 0 N–H and O–H groups in total. The SMILES string of the molecule is O=C(C1=Cc2ccccc2OC=C1)N1CCOC(C(F)(F)F)C1. The van der Waals surface area contributed by atoms with Crippen molar-refractivity contribution in [3.8, 4) is 5.75 Å². The van der Waals surface area contributed by atoms with E-state index in [-0.39, 0.29) is 18.7 Å². The van der Waals surface area contributed by atoms with E-state index >= 15 is 0 Å². The zero-order chi connectivity index (χ0) is 16.4. The monoisotopic (exact) mass is 325 g/mol. The quantitative estimate of drug-likeness (QED) is 0.797. The van der Waals surface area contributed by atoms with E-state index in [9.17, 15) is 18.0 Å². The number of carbonyl (C=O) groups is 1. The summed E-state index contributed by atoms with van der Waals surface area (Å²) in [4.78, 5) is 13.7. The summed E-state index contributed by atoms with van der Waals surface area (Å²) in [6, 6.07) is 7.11. The Morgan fingerprint density at radius 2 is 2.04 bits per heavy atom. The van der Waals surface area contributed by atoms with Crippen LogP contribution >= 0.6 is 0 Å². The molecule has 0 radical (unpaired) electrons. The number of hydrogen-bond acceptors (Lipinski definition) is 3. The fourth-order valence-corrected chi connectivity index (χ4v) is 2.45. The van der Waals surface area contributed by atoms with Gasteiger partial charge in [0.1, 0.15) is 5.75 Å². The predicted molar refractivity (Wildman–Crippen MR) is 76.6 cm³/mol. The standard InChI is InChI=1S/C16H14F3NO3/c17-16(18,19)14-10-20(6-8-23-14)15(21)12-5-7-22-13-4-2-1-3-11(13)9-12/h1-5,7,9,14H,6,8,10H2. The van der Waals surface area contributed by atoms with Crippen molar-refractivity contribution in [1.82, 2.24) is 4.90 Å². The molecule has 2 aliphatic rings. The summed E-state index contributed by atoms with van der Waals surface area (Å²) in [7, 11) is 0. The molecule has 1 aromatic carbocycles. The van der Waals surface area contributed by atoms with Gasteiger partial charge in [-0.1, -0.05) is 18.2 Å². The molecule has 1 amide bonds. The van der Waals surface area contributed by atoms with Crippen LogP contribution in [0.25, 0.3) is 6.08 Å². The van der Waals surface area contributed by atoms with Gasteiger partial charge in [-0.3, -0.25) is 4.79 Å². The number of benzene rings is 1. The molecule has 23 heavy (non-hydrogen) atoms. The van der Waals surface area contributed by atoms with Crippen molar-refractivity contribution in [1.29, 1.82) is 0 Å². The first-order valence-electron chi connectivity index (χ1n) is 7.06. The first-order valence-corrected chi connectivity index (χ1v) is 7.06. The first kappa shape index (κ1) is 15.6. The van der Waals surface area contributed by atoms with Gasteiger partial charge in [-0.05, 0) is 18.2 Å². The Labute approximate surface area is 130 Å². The molecule has 1 aromatic rings. The van der Waals surface area contributed by atoms with Crippen LogP contribution in [0.15, 0.2) is 42.2 Å². The third-order valence-electron chi connectivity index (χ3n) is 3.64. The minimum atomic E-state index is -4.48. The maximum atomic E-state index is 12.8. The molecule has 2 heterocycles. The van der Waals surface area contributed by atoms with E-state index in [1.807, 2.05) is 0 Å². The van der Waals surface area contributed by atoms with Gasteiger partial charge in [-0.15, -0.1) is 0 Å². The summed E-state index contributed by atoms with van der Waals surface area (Å²) >= 11 is 0. The van der Waals surface area contributed by atoms with Gasteiger partial charge in [0, 0.05) is 17.7 Å². The minimum absolute atomic E-state index is 0.124. The molecule has 1 atom stereocenters. The highest BCUT2D eigenvalue weighted by atomic mass is 19.4. The predicted octanol–water partition coefficient (Wildman–Crippen LogP) is 2.77. The largest absolute Gasteiger partial charge is 0.464 e. The van der Waals surface area contributed by atoms with E-state index in [1.54, 1.807) is 30.3 Å². The van der Waals surface area contributed by atoms with Crippen molar-refractivity contribution in [3.63, 3.8) is 0 Å². The number of ether oxygens (including phenoxy) is 2. The Bertz CT molecular complexity index is 667. The lowest BCUT2D eigenvalue weighted by Crippen LogP contribution is -2.51. The first-order chi connectivity index (χ1) is 10.9. The van der Waals surface area contributed by atoms with Gasteiger partial charge in [0.2, 0.25) is 0 Å². The molecule has 1 saturated heterocycles. The van der Waals surface area contributed by atoms with E-state index in [0.717, 1.165) is 4.90 Å². The van der Waals surface area contributed by atoms with E-state index in [1.165, 1.54) is 12.3 Å². The topological polar surface area (TPSA) is 38.8 Å². The molecule has 2 aliphatic heterocycles. The van der Waals surface area contributed by atoms with Gasteiger partial charge in [-0.2, -0.15) is 13.2 Å². The third-order valence-corrected chi connectivity index (χ3v) is 3.64. The smallest absolute Gasteiger partial charge is 0.416 e. The summed E-state index contributed by atoms with van der Waals surface area (Å²) in [5.41, 5.74) is 0.972. The lowest BCUT2D eigenvalue weighted by molar-refractivity contribution is -0.235. The lowest BCUT2D eigenvalue weighted by atomic mass is 10.1. The van der Waals surface area contributed by atoms with Gasteiger partial charge < -0.3 is 14.4 Å². The number of halogens is 3. The molecule has 122 valence electrons. The van der Waals surface area contributed by atoms with Crippen molar-refractivity contribution in [2.75, 3.05) is 19.7 Å². The normalized spacial score (nSPS) is 21.1. The number of morpholine rings is 1. The van der Waals surface area contributed by atoms with Crippen LogP contribution in [0.4, 0.5) is 13.2 Å². The zero-order valence-electron chi connectivity index (χ0n) is 12.0. The molecule has 0 saturated carbocycles. The minimum Gasteiger partial charge on any atom is -0.464 e. The summed E-state index contributed by atoms with van der Waals surface area (Å²) in [6.07, 6.45) is -2.00. The summed E-state index contributed by atoms with van der Waals surface area (Å²) in [5.74, 6) is 0.112. The highest BCUT2D eigenvalue weighted by Gasteiger charge is 2.44. The molecule has 0 spiro atoms. The Hall–Kier alpha value is -2.28. The fraction of sp³-hybridized carbons (Fsp3) is 0.312. The number of rotatable bonds is 1. The molecule has 0 aliphatic carbocycles. The summed E-state index contributed by atoms with van der Waals surface area (Å²) in [6.45, 7) is -0.519. The van der Waals surface area contributed by atoms with Crippen LogP contribution in [-0.2, 0) is 9.53 Å². The van der Waals surface area contributed by atoms with Crippen LogP contribution in [0.1, 0.15) is 5.56 Å². The number of carbonyl (C=O) groups excluding carboxylic acids is 1. The molecule has 0 aromatic heterocycles. The number of fused-ring (bicyclic) bond motifs is 1. The second-order valence-electron chi connectivity index (χ2n) is 5.21. The molecule has 1 unspecified atom stereocenters. The Morgan fingerprint density at radius 1 is 1.26 bits per heavy atom. The second-order valence-corrected chi connectivity index (χ2v) is 5.21. The highest BCUT2D eigenvalue weighted by molar-refractivity contribution is 6.01. The Morgan fingerprint density at radius 3 is 2.83 bits per heavy atom. The number of amides is 1. The summed E-state index contributed by atoms with van der Waals surface area (Å²) in [5, 5.41) is 0. The average molecular weight is 325 g/mol. The van der Waals surface area contributed by atoms with Crippen LogP contribution in [0.2, 0.25) is 0 Å². The van der Waals surface area contributed by atoms with Crippen LogP contribution < -0.4 is 4.74 Å². The maximum Gasteiger partial charge on any atom is 0.416 e. The van der Waals surface area contributed by atoms with Gasteiger partial charge in [-0.25, -0.2) is 0 Å². The van der Waals surface area contributed by atoms with Gasteiger partial charge in [0.15, 0.2) is 6.10 Å². The van der Waals surface area contributed by atoms with Crippen LogP contribution in [-0.4, -0.2) is 42.8 Å². The number of para-hydroxylation sites is 1. The van der Waals surface area contributed by atoms with Crippen molar-refractivity contribution in [2.45, 2.75) is 12.3 Å². The van der Waals surface area contributed by atoms with Crippen molar-refractivity contribution >= 4 is 12.0 Å². The van der Waals surface area contributed by atoms with Crippen LogP contribution in [0, 0.1) is 0 Å². The molecular formula is C16H14F3NO3. The molecule has 3 rings (SSSR count). The maximum absolute atomic E-state index is 12.8. The number of alkyl halides is 3. The second kappa shape index (κ2) is 6.08. The van der Waals surface area contributed by atoms with Crippen molar-refractivity contribution < 1.29 is 27.4 Å². The Balaban J connectivity index is 1.81. The molecular weight excluding hydrogens is 311 g/mol. The molecule has 7 heteroatoms. The van der Waals surface area contributed by atoms with Crippen LogP contribution in [0.3, 0.4) is 0 Å².